The van der Waals surface area contributed by atoms with Crippen LogP contribution in [-0.2, 0) is 11.3 Å². The summed E-state index contributed by atoms with van der Waals surface area (Å²) >= 11 is 12.7. The molecule has 1 unspecified atom stereocenters. The Morgan fingerprint density at radius 1 is 0.909 bits per heavy atom. The van der Waals surface area contributed by atoms with Gasteiger partial charge in [-0.2, -0.15) is 0 Å². The molecule has 0 bridgehead atoms. The van der Waals surface area contributed by atoms with E-state index in [0.29, 0.717) is 29.2 Å². The molecule has 0 radical (unpaired) electrons. The third kappa shape index (κ3) is 4.96. The van der Waals surface area contributed by atoms with Gasteiger partial charge in [0.1, 0.15) is 0 Å². The molecule has 1 aliphatic carbocycles. The highest BCUT2D eigenvalue weighted by Crippen LogP contribution is 2.38. The minimum Gasteiger partial charge on any atom is -0.335 e. The third-order valence-electron chi connectivity index (χ3n) is 6.86. The third-order valence-corrected chi connectivity index (χ3v) is 7.72. The average Bonchev–Trinajstić information content (AvgIpc) is 3.70. The van der Waals surface area contributed by atoms with Gasteiger partial charge in [0.15, 0.2) is 0 Å². The van der Waals surface area contributed by atoms with Crippen molar-refractivity contribution in [1.29, 1.82) is 0 Å². The van der Waals surface area contributed by atoms with Crippen LogP contribution in [-0.4, -0.2) is 29.9 Å². The molecule has 2 atom stereocenters. The van der Waals surface area contributed by atoms with Gasteiger partial charge < -0.3 is 10.2 Å². The van der Waals surface area contributed by atoms with Crippen LogP contribution < -0.4 is 5.32 Å². The van der Waals surface area contributed by atoms with Crippen molar-refractivity contribution in [3.63, 3.8) is 0 Å². The lowest BCUT2D eigenvalue weighted by molar-refractivity contribution is -0.138. The molecule has 1 aliphatic heterocycles. The maximum atomic E-state index is 13.9. The first kappa shape index (κ1) is 22.5. The Bertz CT molecular complexity index is 1130. The number of amides is 1. The molecule has 2 fully saturated rings. The fourth-order valence-corrected chi connectivity index (χ4v) is 5.32. The normalized spacial score (nSPS) is 20.4. The Labute approximate surface area is 205 Å². The Morgan fingerprint density at radius 2 is 1.67 bits per heavy atom. The van der Waals surface area contributed by atoms with Crippen molar-refractivity contribution >= 4 is 29.1 Å². The van der Waals surface area contributed by atoms with E-state index in [9.17, 15) is 4.79 Å². The molecule has 1 amide bonds. The van der Waals surface area contributed by atoms with Crippen molar-refractivity contribution in [3.8, 4) is 11.1 Å². The van der Waals surface area contributed by atoms with Gasteiger partial charge in [0.05, 0.1) is 16.0 Å². The van der Waals surface area contributed by atoms with E-state index in [4.69, 9.17) is 23.2 Å². The summed E-state index contributed by atoms with van der Waals surface area (Å²) in [5.74, 6) is 0.317. The molecule has 33 heavy (non-hydrogen) atoms. The zero-order valence-electron chi connectivity index (χ0n) is 18.5. The van der Waals surface area contributed by atoms with Crippen LogP contribution in [0.1, 0.15) is 36.3 Å². The molecule has 1 N–H and O–H groups in total. The molecule has 3 aromatic carbocycles. The monoisotopic (exact) mass is 478 g/mol. The number of nitrogens with one attached hydrogen (secondary N) is 1. The molecule has 1 heterocycles. The second-order valence-corrected chi connectivity index (χ2v) is 9.89. The summed E-state index contributed by atoms with van der Waals surface area (Å²) < 4.78 is 0. The molecule has 5 heteroatoms. The molecule has 1 saturated heterocycles. The molecule has 170 valence electrons. The zero-order valence-corrected chi connectivity index (χ0v) is 20.0. The summed E-state index contributed by atoms with van der Waals surface area (Å²) in [5, 5.41) is 4.55. The van der Waals surface area contributed by atoms with E-state index in [1.165, 1.54) is 16.7 Å². The minimum atomic E-state index is -0.0941. The highest BCUT2D eigenvalue weighted by atomic mass is 35.5. The highest BCUT2D eigenvalue weighted by molar-refractivity contribution is 6.42. The van der Waals surface area contributed by atoms with Crippen LogP contribution >= 0.6 is 23.2 Å². The summed E-state index contributed by atoms with van der Waals surface area (Å²) in [6.07, 6.45) is 3.06. The quantitative estimate of drug-likeness (QED) is 0.435. The van der Waals surface area contributed by atoms with Crippen molar-refractivity contribution in [1.82, 2.24) is 10.2 Å². The number of halogens is 2. The van der Waals surface area contributed by atoms with Crippen LogP contribution in [0.25, 0.3) is 11.1 Å². The Kier molecular flexibility index (Phi) is 6.73. The predicted octanol–water partition coefficient (Wildman–Crippen LogP) is 6.54. The first-order valence-corrected chi connectivity index (χ1v) is 12.5. The van der Waals surface area contributed by atoms with Crippen molar-refractivity contribution in [2.45, 2.75) is 37.8 Å². The van der Waals surface area contributed by atoms with Gasteiger partial charge in [-0.15, -0.1) is 0 Å². The summed E-state index contributed by atoms with van der Waals surface area (Å²) in [7, 11) is 0. The fraction of sp³-hybridized carbons (Fsp3) is 0.321. The van der Waals surface area contributed by atoms with Gasteiger partial charge in [-0.25, -0.2) is 0 Å². The number of hydrogen-bond acceptors (Lipinski definition) is 2. The van der Waals surface area contributed by atoms with Crippen molar-refractivity contribution < 1.29 is 4.79 Å². The fourth-order valence-electron chi connectivity index (χ4n) is 4.94. The van der Waals surface area contributed by atoms with E-state index >= 15 is 0 Å². The summed E-state index contributed by atoms with van der Waals surface area (Å²) in [6.45, 7) is 2.13. The second kappa shape index (κ2) is 9.89. The van der Waals surface area contributed by atoms with E-state index in [1.807, 2.05) is 23.1 Å². The van der Waals surface area contributed by atoms with Crippen LogP contribution in [0.15, 0.2) is 72.8 Å². The predicted molar refractivity (Wildman–Crippen MR) is 136 cm³/mol. The number of carbonyl (C=O) groups is 1. The average molecular weight is 479 g/mol. The number of nitrogens with zero attached hydrogens (tertiary/aromatic N) is 1. The molecule has 0 spiro atoms. The smallest absolute Gasteiger partial charge is 0.228 e. The second-order valence-electron chi connectivity index (χ2n) is 9.11. The van der Waals surface area contributed by atoms with Gasteiger partial charge in [-0.05, 0) is 60.0 Å². The van der Waals surface area contributed by atoms with Crippen LogP contribution in [0.5, 0.6) is 0 Å². The zero-order chi connectivity index (χ0) is 22.8. The van der Waals surface area contributed by atoms with Crippen LogP contribution in [0.4, 0.5) is 0 Å². The van der Waals surface area contributed by atoms with Gasteiger partial charge in [0.2, 0.25) is 5.91 Å². The van der Waals surface area contributed by atoms with Crippen molar-refractivity contribution in [3.05, 3.63) is 94.0 Å². The molecule has 2 aliphatic rings. The maximum absolute atomic E-state index is 13.9. The lowest BCUT2D eigenvalue weighted by Crippen LogP contribution is -2.47. The Balaban J connectivity index is 1.42. The van der Waals surface area contributed by atoms with Gasteiger partial charge in [0.25, 0.3) is 0 Å². The van der Waals surface area contributed by atoms with Crippen molar-refractivity contribution in [2.75, 3.05) is 13.1 Å². The van der Waals surface area contributed by atoms with Gasteiger partial charge >= 0.3 is 0 Å². The molecule has 3 aromatic rings. The molecular weight excluding hydrogens is 451 g/mol. The standard InChI is InChI=1S/C28H28Cl2N2O/c29-26-11-5-10-22(27(26)30)18-32(23-12-13-23)28(33)25-17-31-15-14-24(25)21-9-4-8-20(16-21)19-6-2-1-3-7-19/h1-11,16,23-25,31H,12-15,17-18H2/t24-,25?/m1/s1. The van der Waals surface area contributed by atoms with Crippen molar-refractivity contribution in [2.24, 2.45) is 5.92 Å². The van der Waals surface area contributed by atoms with Gasteiger partial charge in [-0.3, -0.25) is 4.79 Å². The summed E-state index contributed by atoms with van der Waals surface area (Å²) in [6, 6.07) is 25.1. The molecule has 1 saturated carbocycles. The molecule has 3 nitrogen and oxygen atoms in total. The van der Waals surface area contributed by atoms with E-state index < -0.39 is 0 Å². The number of rotatable bonds is 6. The van der Waals surface area contributed by atoms with Gasteiger partial charge in [0, 0.05) is 19.1 Å². The first-order chi connectivity index (χ1) is 16.1. The Hall–Kier alpha value is -2.33. The minimum absolute atomic E-state index is 0.0941. The van der Waals surface area contributed by atoms with Crippen LogP contribution in [0, 0.1) is 5.92 Å². The molecule has 5 rings (SSSR count). The van der Waals surface area contributed by atoms with E-state index in [-0.39, 0.29) is 17.7 Å². The largest absolute Gasteiger partial charge is 0.335 e. The Morgan fingerprint density at radius 3 is 2.45 bits per heavy atom. The molecule has 0 aromatic heterocycles. The lowest BCUT2D eigenvalue weighted by Gasteiger charge is -2.36. The number of hydrogen-bond donors (Lipinski definition) is 1. The number of piperidine rings is 1. The number of carbonyl (C=O) groups excluding carboxylic acids is 1. The van der Waals surface area contributed by atoms with Gasteiger partial charge in [-0.1, -0.05) is 89.9 Å². The summed E-state index contributed by atoms with van der Waals surface area (Å²) in [4.78, 5) is 16.0. The van der Waals surface area contributed by atoms with E-state index in [0.717, 1.165) is 31.4 Å². The number of benzene rings is 3. The van der Waals surface area contributed by atoms with Crippen LogP contribution in [0.3, 0.4) is 0 Å². The molecular formula is C28H28Cl2N2O. The lowest BCUT2D eigenvalue weighted by atomic mass is 9.79. The first-order valence-electron chi connectivity index (χ1n) is 11.7. The van der Waals surface area contributed by atoms with Crippen LogP contribution in [0.2, 0.25) is 10.0 Å². The highest BCUT2D eigenvalue weighted by Gasteiger charge is 2.40. The summed E-state index contributed by atoms with van der Waals surface area (Å²) in [5.41, 5.74) is 4.55. The van der Waals surface area contributed by atoms with E-state index in [2.05, 4.69) is 53.8 Å². The van der Waals surface area contributed by atoms with E-state index in [1.54, 1.807) is 6.07 Å². The maximum Gasteiger partial charge on any atom is 0.228 e. The SMILES string of the molecule is O=C(C1CNCC[C@@H]1c1cccc(-c2ccccc2)c1)N(Cc1cccc(Cl)c1Cl)C1CC1. The topological polar surface area (TPSA) is 32.3 Å².